The Morgan fingerprint density at radius 3 is 2.86 bits per heavy atom. The van der Waals surface area contributed by atoms with Crippen LogP contribution in [0.3, 0.4) is 0 Å². The summed E-state index contributed by atoms with van der Waals surface area (Å²) in [6, 6.07) is 11.0. The van der Waals surface area contributed by atoms with Gasteiger partial charge in [0.2, 0.25) is 5.95 Å². The van der Waals surface area contributed by atoms with Gasteiger partial charge < -0.3 is 5.73 Å². The van der Waals surface area contributed by atoms with Crippen molar-refractivity contribution in [2.24, 2.45) is 0 Å². The number of rotatable bonds is 1. The summed E-state index contributed by atoms with van der Waals surface area (Å²) in [6.07, 6.45) is 5.02. The quantitative estimate of drug-likeness (QED) is 0.744. The van der Waals surface area contributed by atoms with Gasteiger partial charge in [0.05, 0.1) is 0 Å². The molecule has 4 nitrogen and oxygen atoms in total. The van der Waals surface area contributed by atoms with E-state index in [0.717, 1.165) is 36.0 Å². The number of benzene rings is 1. The van der Waals surface area contributed by atoms with E-state index in [0.29, 0.717) is 12.0 Å². The second-order valence-corrected chi connectivity index (χ2v) is 5.81. The molecule has 0 radical (unpaired) electrons. The normalized spacial score (nSPS) is 17.9. The van der Waals surface area contributed by atoms with E-state index in [9.17, 15) is 0 Å². The van der Waals surface area contributed by atoms with E-state index >= 15 is 0 Å². The number of fused-ring (bicyclic) bond motifs is 2. The molecule has 2 N–H and O–H groups in total. The first kappa shape index (κ1) is 12.4. The maximum atomic E-state index is 6.18. The maximum absolute atomic E-state index is 6.18. The first-order valence-corrected chi connectivity index (χ1v) is 7.40. The van der Waals surface area contributed by atoms with Crippen molar-refractivity contribution in [2.75, 3.05) is 5.73 Å². The van der Waals surface area contributed by atoms with Crippen molar-refractivity contribution < 1.29 is 0 Å². The summed E-state index contributed by atoms with van der Waals surface area (Å²) in [5.74, 6) is 0.580. The Morgan fingerprint density at radius 1 is 1.19 bits per heavy atom. The van der Waals surface area contributed by atoms with Crippen LogP contribution in [0.25, 0.3) is 11.2 Å². The van der Waals surface area contributed by atoms with Crippen LogP contribution in [0.1, 0.15) is 29.2 Å². The van der Waals surface area contributed by atoms with Gasteiger partial charge in [-0.1, -0.05) is 24.3 Å². The third-order valence-electron chi connectivity index (χ3n) is 4.49. The highest BCUT2D eigenvalue weighted by molar-refractivity contribution is 5.77. The van der Waals surface area contributed by atoms with E-state index < -0.39 is 0 Å². The highest BCUT2D eigenvalue weighted by Gasteiger charge is 2.24. The molecule has 2 aromatic heterocycles. The van der Waals surface area contributed by atoms with Crippen molar-refractivity contribution in [1.82, 2.24) is 14.5 Å². The summed E-state index contributed by atoms with van der Waals surface area (Å²) in [5.41, 5.74) is 12.0. The molecule has 0 bridgehead atoms. The molecule has 0 amide bonds. The molecule has 0 spiro atoms. The fraction of sp³-hybridized carbons (Fsp3) is 0.294. The van der Waals surface area contributed by atoms with Gasteiger partial charge in [0, 0.05) is 12.2 Å². The van der Waals surface area contributed by atoms with Gasteiger partial charge in [0.15, 0.2) is 5.65 Å². The Balaban J connectivity index is 1.82. The zero-order chi connectivity index (χ0) is 14.4. The molecule has 0 saturated carbocycles. The lowest BCUT2D eigenvalue weighted by Gasteiger charge is -2.26. The second-order valence-electron chi connectivity index (χ2n) is 5.81. The molecule has 1 atom stereocenters. The smallest absolute Gasteiger partial charge is 0.202 e. The van der Waals surface area contributed by atoms with Gasteiger partial charge >= 0.3 is 0 Å². The molecule has 21 heavy (non-hydrogen) atoms. The van der Waals surface area contributed by atoms with Gasteiger partial charge in [-0.2, -0.15) is 0 Å². The number of nitrogen functional groups attached to an aromatic ring is 1. The van der Waals surface area contributed by atoms with Gasteiger partial charge in [-0.05, 0) is 48.9 Å². The van der Waals surface area contributed by atoms with Crippen molar-refractivity contribution in [3.8, 4) is 0 Å². The Labute approximate surface area is 123 Å². The monoisotopic (exact) mass is 278 g/mol. The Kier molecular flexibility index (Phi) is 2.70. The largest absolute Gasteiger partial charge is 0.369 e. The summed E-state index contributed by atoms with van der Waals surface area (Å²) in [7, 11) is 0. The van der Waals surface area contributed by atoms with E-state index in [2.05, 4.69) is 45.7 Å². The Bertz CT molecular complexity index is 819. The second kappa shape index (κ2) is 4.58. The van der Waals surface area contributed by atoms with E-state index in [-0.39, 0.29) is 0 Å². The lowest BCUT2D eigenvalue weighted by Crippen LogP contribution is -2.20. The molecular formula is C17H18N4. The third-order valence-corrected chi connectivity index (χ3v) is 4.49. The average Bonchev–Trinajstić information content (AvgIpc) is 2.84. The molecule has 0 fully saturated rings. The lowest BCUT2D eigenvalue weighted by atomic mass is 9.88. The summed E-state index contributed by atoms with van der Waals surface area (Å²) in [5, 5.41) is 0. The zero-order valence-electron chi connectivity index (χ0n) is 12.1. The molecule has 2 heterocycles. The minimum atomic E-state index is 0.346. The van der Waals surface area contributed by atoms with Crippen molar-refractivity contribution >= 4 is 17.1 Å². The third kappa shape index (κ3) is 1.90. The predicted octanol–water partition coefficient (Wildman–Crippen LogP) is 3.05. The minimum Gasteiger partial charge on any atom is -0.369 e. The van der Waals surface area contributed by atoms with Crippen LogP contribution in [-0.4, -0.2) is 14.5 Å². The molecule has 0 aliphatic heterocycles. The molecule has 106 valence electrons. The van der Waals surface area contributed by atoms with Crippen LogP contribution >= 0.6 is 0 Å². The highest BCUT2D eigenvalue weighted by atomic mass is 15.2. The number of anilines is 1. The van der Waals surface area contributed by atoms with Gasteiger partial charge in [0.1, 0.15) is 5.52 Å². The summed E-state index contributed by atoms with van der Waals surface area (Å²) >= 11 is 0. The number of aryl methyl sites for hydroxylation is 2. The topological polar surface area (TPSA) is 56.7 Å². The molecular weight excluding hydrogens is 260 g/mol. The first-order valence-electron chi connectivity index (χ1n) is 7.40. The number of hydrogen-bond acceptors (Lipinski definition) is 3. The number of nitrogens with zero attached hydrogens (tertiary/aromatic N) is 3. The number of hydrogen-bond donors (Lipinski definition) is 1. The van der Waals surface area contributed by atoms with Crippen LogP contribution in [0.15, 0.2) is 36.5 Å². The van der Waals surface area contributed by atoms with Gasteiger partial charge in [-0.15, -0.1) is 0 Å². The maximum Gasteiger partial charge on any atom is 0.202 e. The van der Waals surface area contributed by atoms with Gasteiger partial charge in [-0.3, -0.25) is 4.57 Å². The van der Waals surface area contributed by atoms with Gasteiger partial charge in [-0.25, -0.2) is 9.97 Å². The van der Waals surface area contributed by atoms with Crippen molar-refractivity contribution in [1.29, 1.82) is 0 Å². The standard InChI is InChI=1S/C17H18N4/c1-11-8-9-19-16-15(11)20-17(18)21(16)14-7-6-12-4-2-3-5-13(12)10-14/h2-5,8-9,14H,6-7,10H2,1H3,(H2,18,20). The van der Waals surface area contributed by atoms with Crippen LogP contribution in [0.5, 0.6) is 0 Å². The number of nitrogens with two attached hydrogens (primary N) is 1. The van der Waals surface area contributed by atoms with Crippen LogP contribution in [0, 0.1) is 6.92 Å². The van der Waals surface area contributed by atoms with Crippen LogP contribution in [0.4, 0.5) is 5.95 Å². The molecule has 4 rings (SSSR count). The molecule has 1 aliphatic carbocycles. The molecule has 3 aromatic rings. The molecule has 4 heteroatoms. The van der Waals surface area contributed by atoms with Gasteiger partial charge in [0.25, 0.3) is 0 Å². The SMILES string of the molecule is Cc1ccnc2c1nc(N)n2C1CCc2ccccc2C1. The molecule has 1 aromatic carbocycles. The lowest BCUT2D eigenvalue weighted by molar-refractivity contribution is 0.455. The highest BCUT2D eigenvalue weighted by Crippen LogP contribution is 2.33. The molecule has 1 unspecified atom stereocenters. The Hall–Kier alpha value is -2.36. The fourth-order valence-electron chi connectivity index (χ4n) is 3.39. The van der Waals surface area contributed by atoms with E-state index in [4.69, 9.17) is 5.73 Å². The predicted molar refractivity (Wildman–Crippen MR) is 84.2 cm³/mol. The van der Waals surface area contributed by atoms with E-state index in [1.807, 2.05) is 12.3 Å². The summed E-state index contributed by atoms with van der Waals surface area (Å²) < 4.78 is 2.12. The number of aromatic nitrogens is 3. The van der Waals surface area contributed by atoms with Crippen LogP contribution in [-0.2, 0) is 12.8 Å². The summed E-state index contributed by atoms with van der Waals surface area (Å²) in [6.45, 7) is 2.05. The zero-order valence-corrected chi connectivity index (χ0v) is 12.1. The number of imidazole rings is 1. The van der Waals surface area contributed by atoms with Crippen molar-refractivity contribution in [3.05, 3.63) is 53.2 Å². The fourth-order valence-corrected chi connectivity index (χ4v) is 3.39. The van der Waals surface area contributed by atoms with Crippen molar-refractivity contribution in [2.45, 2.75) is 32.2 Å². The van der Waals surface area contributed by atoms with Crippen molar-refractivity contribution in [3.63, 3.8) is 0 Å². The van der Waals surface area contributed by atoms with E-state index in [1.165, 1.54) is 11.1 Å². The average molecular weight is 278 g/mol. The first-order chi connectivity index (χ1) is 10.2. The summed E-state index contributed by atoms with van der Waals surface area (Å²) in [4.78, 5) is 9.04. The molecule has 1 aliphatic rings. The molecule has 0 saturated heterocycles. The van der Waals surface area contributed by atoms with E-state index in [1.54, 1.807) is 0 Å². The van der Waals surface area contributed by atoms with Crippen LogP contribution in [0.2, 0.25) is 0 Å². The van der Waals surface area contributed by atoms with Crippen LogP contribution < -0.4 is 5.73 Å². The Morgan fingerprint density at radius 2 is 2.00 bits per heavy atom. The number of pyridine rings is 1. The minimum absolute atomic E-state index is 0.346.